The summed E-state index contributed by atoms with van der Waals surface area (Å²) in [7, 11) is -3.43. The Balaban J connectivity index is 2.15. The molecule has 1 fully saturated rings. The summed E-state index contributed by atoms with van der Waals surface area (Å²) in [5, 5.41) is 0. The molecular formula is C17H22N2O2S. The zero-order valence-corrected chi connectivity index (χ0v) is 13.6. The van der Waals surface area contributed by atoms with Gasteiger partial charge in [-0.2, -0.15) is 4.31 Å². The molecule has 0 radical (unpaired) electrons. The van der Waals surface area contributed by atoms with E-state index in [-0.39, 0.29) is 4.91 Å². The molecule has 1 aliphatic heterocycles. The number of benzene rings is 1. The minimum absolute atomic E-state index is 0.129. The smallest absolute Gasteiger partial charge is 0.242 e. The van der Waals surface area contributed by atoms with E-state index < -0.39 is 10.0 Å². The van der Waals surface area contributed by atoms with Crippen molar-refractivity contribution in [3.63, 3.8) is 0 Å². The summed E-state index contributed by atoms with van der Waals surface area (Å²) in [5.74, 6) is 0. The van der Waals surface area contributed by atoms with Gasteiger partial charge in [0.2, 0.25) is 10.0 Å². The highest BCUT2D eigenvalue weighted by molar-refractivity contribution is 7.93. The molecule has 0 saturated carbocycles. The predicted octanol–water partition coefficient (Wildman–Crippen LogP) is 3.17. The maximum Gasteiger partial charge on any atom is 0.242 e. The van der Waals surface area contributed by atoms with Crippen molar-refractivity contribution in [3.8, 4) is 0 Å². The van der Waals surface area contributed by atoms with Crippen LogP contribution in [0.4, 0.5) is 5.69 Å². The summed E-state index contributed by atoms with van der Waals surface area (Å²) in [6.45, 7) is 6.81. The first kappa shape index (κ1) is 16.5. The van der Waals surface area contributed by atoms with Gasteiger partial charge in [0.05, 0.1) is 4.91 Å². The Bertz CT molecular complexity index is 695. The second-order valence-corrected chi connectivity index (χ2v) is 7.27. The molecule has 0 atom stereocenters. The van der Waals surface area contributed by atoms with E-state index >= 15 is 0 Å². The minimum Gasteiger partial charge on any atom is -0.399 e. The van der Waals surface area contributed by atoms with Crippen molar-refractivity contribution < 1.29 is 8.42 Å². The molecule has 2 N–H and O–H groups in total. The van der Waals surface area contributed by atoms with Crippen molar-refractivity contribution in [3.05, 3.63) is 59.5 Å². The van der Waals surface area contributed by atoms with Crippen LogP contribution in [-0.2, 0) is 10.0 Å². The van der Waals surface area contributed by atoms with Crippen LogP contribution in [0.25, 0.3) is 5.57 Å². The Morgan fingerprint density at radius 3 is 2.32 bits per heavy atom. The number of anilines is 1. The first-order valence-electron chi connectivity index (χ1n) is 7.34. The molecule has 4 nitrogen and oxygen atoms in total. The zero-order valence-electron chi connectivity index (χ0n) is 12.8. The Hall–Kier alpha value is -1.85. The molecule has 0 bridgehead atoms. The van der Waals surface area contributed by atoms with Crippen LogP contribution in [0.15, 0.2) is 54.0 Å². The SMILES string of the molecule is C=C(/C=C\C(=C/C)c1ccc(N)cc1)S(=O)(=O)N1CCCC1. The number of nitrogens with zero attached hydrogens (tertiary/aromatic N) is 1. The van der Waals surface area contributed by atoms with E-state index in [1.165, 1.54) is 4.31 Å². The third kappa shape index (κ3) is 3.67. The molecule has 2 rings (SSSR count). The molecule has 118 valence electrons. The van der Waals surface area contributed by atoms with E-state index in [0.29, 0.717) is 18.8 Å². The lowest BCUT2D eigenvalue weighted by Crippen LogP contribution is -2.28. The molecule has 0 spiro atoms. The fraction of sp³-hybridized carbons (Fsp3) is 0.294. The summed E-state index contributed by atoms with van der Waals surface area (Å²) >= 11 is 0. The van der Waals surface area contributed by atoms with Crippen LogP contribution < -0.4 is 5.73 Å². The number of hydrogen-bond donors (Lipinski definition) is 1. The summed E-state index contributed by atoms with van der Waals surface area (Å²) < 4.78 is 26.2. The first-order chi connectivity index (χ1) is 10.4. The molecule has 1 aromatic carbocycles. The number of rotatable bonds is 5. The van der Waals surface area contributed by atoms with Gasteiger partial charge in [-0.25, -0.2) is 8.42 Å². The second-order valence-electron chi connectivity index (χ2n) is 5.28. The van der Waals surface area contributed by atoms with Crippen LogP contribution in [0.3, 0.4) is 0 Å². The molecule has 0 aliphatic carbocycles. The van der Waals surface area contributed by atoms with Gasteiger partial charge in [0, 0.05) is 18.8 Å². The number of sulfonamides is 1. The van der Waals surface area contributed by atoms with E-state index in [1.54, 1.807) is 12.2 Å². The molecular weight excluding hydrogens is 296 g/mol. The van der Waals surface area contributed by atoms with E-state index in [1.807, 2.05) is 37.3 Å². The van der Waals surface area contributed by atoms with Crippen LogP contribution in [0.5, 0.6) is 0 Å². The van der Waals surface area contributed by atoms with E-state index in [0.717, 1.165) is 24.0 Å². The lowest BCUT2D eigenvalue weighted by Gasteiger charge is -2.15. The van der Waals surface area contributed by atoms with Crippen LogP contribution in [0.1, 0.15) is 25.3 Å². The monoisotopic (exact) mass is 318 g/mol. The molecule has 1 aromatic rings. The maximum absolute atomic E-state index is 12.4. The van der Waals surface area contributed by atoms with Crippen molar-refractivity contribution in [1.82, 2.24) is 4.31 Å². The maximum atomic E-state index is 12.4. The topological polar surface area (TPSA) is 63.4 Å². The van der Waals surface area contributed by atoms with E-state index in [9.17, 15) is 8.42 Å². The lowest BCUT2D eigenvalue weighted by molar-refractivity contribution is 0.484. The number of hydrogen-bond acceptors (Lipinski definition) is 3. The zero-order chi connectivity index (χ0) is 16.2. The Morgan fingerprint density at radius 2 is 1.77 bits per heavy atom. The Labute approximate surface area is 132 Å². The summed E-state index contributed by atoms with van der Waals surface area (Å²) in [5.41, 5.74) is 8.29. The lowest BCUT2D eigenvalue weighted by atomic mass is 10.0. The molecule has 0 unspecified atom stereocenters. The largest absolute Gasteiger partial charge is 0.399 e. The van der Waals surface area contributed by atoms with Crippen molar-refractivity contribution in [2.45, 2.75) is 19.8 Å². The average molecular weight is 318 g/mol. The van der Waals surface area contributed by atoms with Crippen LogP contribution in [0.2, 0.25) is 0 Å². The van der Waals surface area contributed by atoms with Gasteiger partial charge in [0.1, 0.15) is 0 Å². The Morgan fingerprint density at radius 1 is 1.18 bits per heavy atom. The predicted molar refractivity (Wildman–Crippen MR) is 92.5 cm³/mol. The fourth-order valence-electron chi connectivity index (χ4n) is 2.40. The highest BCUT2D eigenvalue weighted by atomic mass is 32.2. The standard InChI is InChI=1S/C17H22N2O2S/c1-3-15(16-8-10-17(18)11-9-16)7-6-14(2)22(20,21)19-12-4-5-13-19/h3,6-11H,2,4-5,12-13,18H2,1H3/b7-6-,15-3+. The quantitative estimate of drug-likeness (QED) is 0.670. The molecule has 1 aliphatic rings. The fourth-order valence-corrected chi connectivity index (χ4v) is 3.71. The number of allylic oxidation sites excluding steroid dienone is 4. The van der Waals surface area contributed by atoms with Gasteiger partial charge < -0.3 is 5.73 Å². The first-order valence-corrected chi connectivity index (χ1v) is 8.78. The van der Waals surface area contributed by atoms with E-state index in [2.05, 4.69) is 6.58 Å². The third-order valence-electron chi connectivity index (χ3n) is 3.74. The second kappa shape index (κ2) is 6.94. The third-order valence-corrected chi connectivity index (χ3v) is 5.58. The normalized spacial score (nSPS) is 17.2. The summed E-state index contributed by atoms with van der Waals surface area (Å²) in [6.07, 6.45) is 7.11. The van der Waals surface area contributed by atoms with Gasteiger partial charge in [-0.15, -0.1) is 0 Å². The molecule has 5 heteroatoms. The molecule has 1 saturated heterocycles. The van der Waals surface area contributed by atoms with Gasteiger partial charge in [-0.1, -0.05) is 30.9 Å². The van der Waals surface area contributed by atoms with Gasteiger partial charge in [-0.3, -0.25) is 0 Å². The summed E-state index contributed by atoms with van der Waals surface area (Å²) in [4.78, 5) is 0.129. The van der Waals surface area contributed by atoms with Crippen molar-refractivity contribution in [1.29, 1.82) is 0 Å². The molecule has 0 aromatic heterocycles. The highest BCUT2D eigenvalue weighted by Crippen LogP contribution is 2.22. The van der Waals surface area contributed by atoms with Gasteiger partial charge in [0.15, 0.2) is 0 Å². The van der Waals surface area contributed by atoms with Crippen molar-refractivity contribution >= 4 is 21.3 Å². The van der Waals surface area contributed by atoms with Crippen molar-refractivity contribution in [2.24, 2.45) is 0 Å². The van der Waals surface area contributed by atoms with Crippen molar-refractivity contribution in [2.75, 3.05) is 18.8 Å². The average Bonchev–Trinajstić information content (AvgIpc) is 3.04. The molecule has 1 heterocycles. The van der Waals surface area contributed by atoms with E-state index in [4.69, 9.17) is 5.73 Å². The van der Waals surface area contributed by atoms with Crippen LogP contribution in [0, 0.1) is 0 Å². The number of nitrogens with two attached hydrogens (primary N) is 1. The van der Waals surface area contributed by atoms with Crippen LogP contribution in [-0.4, -0.2) is 25.8 Å². The summed E-state index contributed by atoms with van der Waals surface area (Å²) in [6, 6.07) is 7.46. The van der Waals surface area contributed by atoms with Gasteiger partial charge in [0.25, 0.3) is 0 Å². The van der Waals surface area contributed by atoms with Gasteiger partial charge >= 0.3 is 0 Å². The number of nitrogen functional groups attached to an aromatic ring is 1. The van der Waals surface area contributed by atoms with Gasteiger partial charge in [-0.05, 0) is 49.1 Å². The Kier molecular flexibility index (Phi) is 5.21. The highest BCUT2D eigenvalue weighted by Gasteiger charge is 2.26. The molecule has 22 heavy (non-hydrogen) atoms. The minimum atomic E-state index is -3.43. The molecule has 0 amide bonds. The van der Waals surface area contributed by atoms with Crippen LogP contribution >= 0.6 is 0 Å².